The second kappa shape index (κ2) is 4.68. The zero-order chi connectivity index (χ0) is 13.5. The molecule has 0 saturated heterocycles. The lowest BCUT2D eigenvalue weighted by atomic mass is 9.73. The van der Waals surface area contributed by atoms with E-state index in [0.29, 0.717) is 6.04 Å². The molecule has 98 valence electrons. The van der Waals surface area contributed by atoms with Crippen molar-refractivity contribution >= 4 is 21.6 Å². The number of halogens is 1. The molecule has 1 atom stereocenters. The summed E-state index contributed by atoms with van der Waals surface area (Å²) in [6.07, 6.45) is 1.10. The third-order valence-electron chi connectivity index (χ3n) is 3.93. The van der Waals surface area contributed by atoms with Crippen molar-refractivity contribution in [3.05, 3.63) is 64.1 Å². The van der Waals surface area contributed by atoms with Crippen molar-refractivity contribution < 1.29 is 0 Å². The second-order valence-electron chi connectivity index (χ2n) is 5.95. The fourth-order valence-corrected chi connectivity index (χ4v) is 3.40. The molecule has 0 aromatic heterocycles. The standard InChI is InChI=1S/C17H18BrN/c1-17(2)11-13-6-3-4-9-15(13)19-16(17)12-7-5-8-14(18)10-12/h3-10,16,19H,11H2,1-2H3. The molecule has 0 aliphatic carbocycles. The highest BCUT2D eigenvalue weighted by atomic mass is 79.9. The van der Waals surface area contributed by atoms with E-state index in [1.54, 1.807) is 0 Å². The predicted octanol–water partition coefficient (Wildman–Crippen LogP) is 5.18. The van der Waals surface area contributed by atoms with Crippen LogP contribution >= 0.6 is 15.9 Å². The molecule has 0 saturated carbocycles. The molecule has 2 aromatic carbocycles. The maximum absolute atomic E-state index is 3.71. The molecular weight excluding hydrogens is 298 g/mol. The summed E-state index contributed by atoms with van der Waals surface area (Å²) in [6, 6.07) is 17.6. The maximum atomic E-state index is 3.71. The molecule has 0 spiro atoms. The second-order valence-corrected chi connectivity index (χ2v) is 6.87. The van der Waals surface area contributed by atoms with Crippen molar-refractivity contribution in [1.29, 1.82) is 0 Å². The molecule has 2 aromatic rings. The van der Waals surface area contributed by atoms with Crippen LogP contribution in [0.25, 0.3) is 0 Å². The number of para-hydroxylation sites is 1. The molecule has 3 rings (SSSR count). The summed E-state index contributed by atoms with van der Waals surface area (Å²) in [5.74, 6) is 0. The van der Waals surface area contributed by atoms with Gasteiger partial charge in [0.1, 0.15) is 0 Å². The number of anilines is 1. The molecule has 1 heterocycles. The van der Waals surface area contributed by atoms with Crippen molar-refractivity contribution in [3.63, 3.8) is 0 Å². The average Bonchev–Trinajstić information content (AvgIpc) is 2.37. The monoisotopic (exact) mass is 315 g/mol. The Morgan fingerprint density at radius 2 is 1.89 bits per heavy atom. The van der Waals surface area contributed by atoms with Crippen molar-refractivity contribution in [2.75, 3.05) is 5.32 Å². The van der Waals surface area contributed by atoms with Gasteiger partial charge in [0.25, 0.3) is 0 Å². The lowest BCUT2D eigenvalue weighted by Gasteiger charge is -2.41. The van der Waals surface area contributed by atoms with E-state index in [2.05, 4.69) is 83.6 Å². The van der Waals surface area contributed by atoms with Gasteiger partial charge < -0.3 is 5.32 Å². The van der Waals surface area contributed by atoms with E-state index in [4.69, 9.17) is 0 Å². The van der Waals surface area contributed by atoms with E-state index in [-0.39, 0.29) is 5.41 Å². The Balaban J connectivity index is 2.03. The van der Waals surface area contributed by atoms with Crippen LogP contribution < -0.4 is 5.32 Å². The van der Waals surface area contributed by atoms with Crippen molar-refractivity contribution in [3.8, 4) is 0 Å². The van der Waals surface area contributed by atoms with Gasteiger partial charge in [0, 0.05) is 10.2 Å². The first-order valence-electron chi connectivity index (χ1n) is 6.66. The summed E-state index contributed by atoms with van der Waals surface area (Å²) in [7, 11) is 0. The number of nitrogens with one attached hydrogen (secondary N) is 1. The minimum Gasteiger partial charge on any atom is -0.377 e. The zero-order valence-corrected chi connectivity index (χ0v) is 12.9. The number of hydrogen-bond acceptors (Lipinski definition) is 1. The molecule has 0 amide bonds. The summed E-state index contributed by atoms with van der Waals surface area (Å²) in [4.78, 5) is 0. The SMILES string of the molecule is CC1(C)Cc2ccccc2NC1c1cccc(Br)c1. The number of rotatable bonds is 1. The third kappa shape index (κ3) is 2.42. The summed E-state index contributed by atoms with van der Waals surface area (Å²) >= 11 is 3.57. The molecule has 0 bridgehead atoms. The van der Waals surface area contributed by atoms with Gasteiger partial charge in [0.05, 0.1) is 6.04 Å². The highest BCUT2D eigenvalue weighted by Crippen LogP contribution is 2.44. The van der Waals surface area contributed by atoms with Gasteiger partial charge >= 0.3 is 0 Å². The van der Waals surface area contributed by atoms with E-state index < -0.39 is 0 Å². The highest BCUT2D eigenvalue weighted by molar-refractivity contribution is 9.10. The molecule has 1 aliphatic rings. The quantitative estimate of drug-likeness (QED) is 0.764. The fourth-order valence-electron chi connectivity index (χ4n) is 2.98. The van der Waals surface area contributed by atoms with Crippen LogP contribution in [-0.2, 0) is 6.42 Å². The molecule has 2 heteroatoms. The number of fused-ring (bicyclic) bond motifs is 1. The average molecular weight is 316 g/mol. The van der Waals surface area contributed by atoms with Gasteiger partial charge in [-0.25, -0.2) is 0 Å². The van der Waals surface area contributed by atoms with Gasteiger partial charge in [-0.15, -0.1) is 0 Å². The summed E-state index contributed by atoms with van der Waals surface area (Å²) in [5, 5.41) is 3.71. The first-order chi connectivity index (χ1) is 9.06. The van der Waals surface area contributed by atoms with Gasteiger partial charge in [-0.05, 0) is 41.2 Å². The third-order valence-corrected chi connectivity index (χ3v) is 4.42. The zero-order valence-electron chi connectivity index (χ0n) is 11.3. The molecular formula is C17H18BrN. The number of hydrogen-bond donors (Lipinski definition) is 1. The van der Waals surface area contributed by atoms with Gasteiger partial charge in [-0.2, -0.15) is 0 Å². The molecule has 1 aliphatic heterocycles. The Labute approximate surface area is 123 Å². The number of benzene rings is 2. The van der Waals surface area contributed by atoms with Gasteiger partial charge in [0.2, 0.25) is 0 Å². The lowest BCUT2D eigenvalue weighted by molar-refractivity contribution is 0.295. The molecule has 1 nitrogen and oxygen atoms in total. The summed E-state index contributed by atoms with van der Waals surface area (Å²) < 4.78 is 1.14. The Hall–Kier alpha value is -1.28. The van der Waals surface area contributed by atoms with Crippen LogP contribution in [-0.4, -0.2) is 0 Å². The van der Waals surface area contributed by atoms with E-state index in [1.165, 1.54) is 16.8 Å². The Kier molecular flexibility index (Phi) is 3.14. The van der Waals surface area contributed by atoms with Gasteiger partial charge in [-0.1, -0.05) is 60.1 Å². The first-order valence-corrected chi connectivity index (χ1v) is 7.45. The van der Waals surface area contributed by atoms with E-state index in [1.807, 2.05) is 0 Å². The molecule has 0 radical (unpaired) electrons. The van der Waals surface area contributed by atoms with E-state index in [9.17, 15) is 0 Å². The molecule has 0 fully saturated rings. The van der Waals surface area contributed by atoms with Crippen molar-refractivity contribution in [2.45, 2.75) is 26.3 Å². The van der Waals surface area contributed by atoms with Crippen LogP contribution in [0.15, 0.2) is 53.0 Å². The molecule has 1 unspecified atom stereocenters. The Morgan fingerprint density at radius 3 is 2.68 bits per heavy atom. The fraction of sp³-hybridized carbons (Fsp3) is 0.294. The molecule has 1 N–H and O–H groups in total. The maximum Gasteiger partial charge on any atom is 0.0568 e. The largest absolute Gasteiger partial charge is 0.377 e. The van der Waals surface area contributed by atoms with E-state index >= 15 is 0 Å². The van der Waals surface area contributed by atoms with Crippen molar-refractivity contribution in [1.82, 2.24) is 0 Å². The van der Waals surface area contributed by atoms with Crippen LogP contribution in [0.4, 0.5) is 5.69 Å². The minimum atomic E-state index is 0.204. The minimum absolute atomic E-state index is 0.204. The van der Waals surface area contributed by atoms with Crippen LogP contribution in [0.3, 0.4) is 0 Å². The smallest absolute Gasteiger partial charge is 0.0568 e. The first kappa shape index (κ1) is 12.7. The van der Waals surface area contributed by atoms with Crippen LogP contribution in [0.2, 0.25) is 0 Å². The normalized spacial score (nSPS) is 20.5. The van der Waals surface area contributed by atoms with Crippen LogP contribution in [0.5, 0.6) is 0 Å². The lowest BCUT2D eigenvalue weighted by Crippen LogP contribution is -2.34. The van der Waals surface area contributed by atoms with Gasteiger partial charge in [-0.3, -0.25) is 0 Å². The summed E-state index contributed by atoms with van der Waals surface area (Å²) in [6.45, 7) is 4.67. The van der Waals surface area contributed by atoms with Gasteiger partial charge in [0.15, 0.2) is 0 Å². The van der Waals surface area contributed by atoms with Crippen LogP contribution in [0.1, 0.15) is 31.0 Å². The Bertz CT molecular complexity index is 604. The highest BCUT2D eigenvalue weighted by Gasteiger charge is 2.35. The van der Waals surface area contributed by atoms with Crippen LogP contribution in [0, 0.1) is 5.41 Å². The predicted molar refractivity (Wildman–Crippen MR) is 84.4 cm³/mol. The molecule has 19 heavy (non-hydrogen) atoms. The summed E-state index contributed by atoms with van der Waals surface area (Å²) in [5.41, 5.74) is 4.23. The van der Waals surface area contributed by atoms with Crippen molar-refractivity contribution in [2.24, 2.45) is 5.41 Å². The topological polar surface area (TPSA) is 12.0 Å². The van der Waals surface area contributed by atoms with E-state index in [0.717, 1.165) is 10.9 Å². The Morgan fingerprint density at radius 1 is 1.11 bits per heavy atom.